The smallest absolute Gasteiger partial charge is 0.267 e. The lowest BCUT2D eigenvalue weighted by Gasteiger charge is -2.15. The molecule has 7 heteroatoms. The molecule has 0 amide bonds. The molecule has 0 radical (unpaired) electrons. The summed E-state index contributed by atoms with van der Waals surface area (Å²) >= 11 is 0. The predicted octanol–water partition coefficient (Wildman–Crippen LogP) is 1.97. The van der Waals surface area contributed by atoms with E-state index in [-0.39, 0.29) is 10.8 Å². The van der Waals surface area contributed by atoms with Gasteiger partial charge in [0, 0.05) is 24.3 Å². The van der Waals surface area contributed by atoms with E-state index in [1.54, 1.807) is 19.1 Å². The number of rotatable bonds is 3. The van der Waals surface area contributed by atoms with E-state index in [1.807, 2.05) is 13.0 Å². The topological polar surface area (TPSA) is 72.3 Å². The molecule has 0 saturated carbocycles. The van der Waals surface area contributed by atoms with Gasteiger partial charge in [-0.15, -0.1) is 0 Å². The molecule has 1 aliphatic heterocycles. The Morgan fingerprint density at radius 2 is 1.83 bits per heavy atom. The summed E-state index contributed by atoms with van der Waals surface area (Å²) in [5.74, 6) is -0.325. The number of hydrogen-bond donors (Lipinski definition) is 0. The molecule has 0 aliphatic carbocycles. The molecule has 3 rings (SSSR count). The van der Waals surface area contributed by atoms with Crippen molar-refractivity contribution < 1.29 is 13.2 Å². The van der Waals surface area contributed by atoms with Crippen molar-refractivity contribution in [3.8, 4) is 0 Å². The van der Waals surface area contributed by atoms with Gasteiger partial charge in [0.25, 0.3) is 5.91 Å². The minimum atomic E-state index is -3.53. The molecule has 0 bridgehead atoms. The van der Waals surface area contributed by atoms with Crippen molar-refractivity contribution in [2.24, 2.45) is 0 Å². The second-order valence-corrected chi connectivity index (χ2v) is 7.72. The Balaban J connectivity index is 1.97. The lowest BCUT2D eigenvalue weighted by atomic mass is 10.2. The first-order valence-electron chi connectivity index (χ1n) is 7.58. The van der Waals surface area contributed by atoms with E-state index in [2.05, 4.69) is 5.10 Å². The molecule has 1 aromatic carbocycles. The lowest BCUT2D eigenvalue weighted by Crippen LogP contribution is -2.28. The monoisotopic (exact) mass is 333 g/mol. The van der Waals surface area contributed by atoms with Crippen LogP contribution in [0.5, 0.6) is 0 Å². The van der Waals surface area contributed by atoms with E-state index < -0.39 is 10.0 Å². The Labute approximate surface area is 135 Å². The number of sulfonamides is 1. The molecular formula is C16H19N3O3S. The van der Waals surface area contributed by atoms with Gasteiger partial charge in [-0.3, -0.25) is 4.79 Å². The second-order valence-electron chi connectivity index (χ2n) is 5.78. The summed E-state index contributed by atoms with van der Waals surface area (Å²) in [6, 6.07) is 7.99. The minimum absolute atomic E-state index is 0.159. The summed E-state index contributed by atoms with van der Waals surface area (Å²) in [6.07, 6.45) is 1.76. The second kappa shape index (κ2) is 5.90. The van der Waals surface area contributed by atoms with Crippen molar-refractivity contribution in [2.75, 3.05) is 13.1 Å². The number of aromatic nitrogens is 2. The summed E-state index contributed by atoms with van der Waals surface area (Å²) in [5.41, 5.74) is 1.79. The standard InChI is InChI=1S/C16H19N3O3S/c1-12-10-13(2)19(17-12)16(20)14-6-5-7-15(11-14)23(21,22)18-8-3-4-9-18/h5-7,10-11H,3-4,8-9H2,1-2H3. The molecule has 2 aromatic rings. The van der Waals surface area contributed by atoms with E-state index in [0.717, 1.165) is 24.2 Å². The molecule has 1 aliphatic rings. The fourth-order valence-corrected chi connectivity index (χ4v) is 4.39. The first kappa shape index (κ1) is 15.9. The highest BCUT2D eigenvalue weighted by Crippen LogP contribution is 2.22. The van der Waals surface area contributed by atoms with E-state index in [1.165, 1.54) is 21.1 Å². The van der Waals surface area contributed by atoms with Crippen molar-refractivity contribution in [2.45, 2.75) is 31.6 Å². The maximum atomic E-state index is 12.6. The maximum absolute atomic E-state index is 12.6. The van der Waals surface area contributed by atoms with Crippen LogP contribution in [0.25, 0.3) is 0 Å². The van der Waals surface area contributed by atoms with Gasteiger partial charge in [-0.2, -0.15) is 9.40 Å². The van der Waals surface area contributed by atoms with Crippen LogP contribution in [0.4, 0.5) is 0 Å². The number of aryl methyl sites for hydroxylation is 2. The molecular weight excluding hydrogens is 314 g/mol. The molecule has 23 heavy (non-hydrogen) atoms. The van der Waals surface area contributed by atoms with Gasteiger partial charge in [0.15, 0.2) is 0 Å². The summed E-state index contributed by atoms with van der Waals surface area (Å²) in [4.78, 5) is 12.7. The fourth-order valence-electron chi connectivity index (χ4n) is 2.82. The van der Waals surface area contributed by atoms with Crippen molar-refractivity contribution >= 4 is 15.9 Å². The van der Waals surface area contributed by atoms with Crippen LogP contribution in [0, 0.1) is 13.8 Å². The summed E-state index contributed by atoms with van der Waals surface area (Å²) in [7, 11) is -3.53. The van der Waals surface area contributed by atoms with Gasteiger partial charge in [0.05, 0.1) is 10.6 Å². The van der Waals surface area contributed by atoms with Gasteiger partial charge in [0.1, 0.15) is 0 Å². The first-order chi connectivity index (χ1) is 10.9. The zero-order chi connectivity index (χ0) is 16.6. The zero-order valence-electron chi connectivity index (χ0n) is 13.2. The minimum Gasteiger partial charge on any atom is -0.267 e. The van der Waals surface area contributed by atoms with Crippen molar-refractivity contribution in [1.82, 2.24) is 14.1 Å². The van der Waals surface area contributed by atoms with E-state index in [4.69, 9.17) is 0 Å². The zero-order valence-corrected chi connectivity index (χ0v) is 14.0. The number of hydrogen-bond acceptors (Lipinski definition) is 4. The molecule has 6 nitrogen and oxygen atoms in total. The average molecular weight is 333 g/mol. The third-order valence-electron chi connectivity index (χ3n) is 3.99. The highest BCUT2D eigenvalue weighted by molar-refractivity contribution is 7.89. The molecule has 122 valence electrons. The molecule has 0 atom stereocenters. The Kier molecular flexibility index (Phi) is 4.08. The van der Waals surface area contributed by atoms with Crippen molar-refractivity contribution in [3.05, 3.63) is 47.3 Å². The van der Waals surface area contributed by atoms with Gasteiger partial charge < -0.3 is 0 Å². The molecule has 0 spiro atoms. The Morgan fingerprint density at radius 1 is 1.13 bits per heavy atom. The van der Waals surface area contributed by atoms with Gasteiger partial charge in [-0.25, -0.2) is 13.1 Å². The number of benzene rings is 1. The van der Waals surface area contributed by atoms with Gasteiger partial charge >= 0.3 is 0 Å². The Hall–Kier alpha value is -1.99. The normalized spacial score (nSPS) is 15.9. The predicted molar refractivity (Wildman–Crippen MR) is 85.9 cm³/mol. The number of nitrogens with zero attached hydrogens (tertiary/aromatic N) is 3. The van der Waals surface area contributed by atoms with Crippen molar-refractivity contribution in [1.29, 1.82) is 0 Å². The van der Waals surface area contributed by atoms with E-state index in [0.29, 0.717) is 18.7 Å². The molecule has 2 heterocycles. The number of carbonyl (C=O) groups is 1. The Morgan fingerprint density at radius 3 is 2.43 bits per heavy atom. The molecule has 0 N–H and O–H groups in total. The van der Waals surface area contributed by atoms with Crippen LogP contribution in [0.2, 0.25) is 0 Å². The fraction of sp³-hybridized carbons (Fsp3) is 0.375. The third-order valence-corrected chi connectivity index (χ3v) is 5.88. The molecule has 1 fully saturated rings. The summed E-state index contributed by atoms with van der Waals surface area (Å²) in [6.45, 7) is 4.68. The van der Waals surface area contributed by atoms with Crippen LogP contribution in [0.3, 0.4) is 0 Å². The van der Waals surface area contributed by atoms with Crippen LogP contribution in [-0.4, -0.2) is 41.5 Å². The van der Waals surface area contributed by atoms with Gasteiger partial charge in [0.2, 0.25) is 10.0 Å². The average Bonchev–Trinajstić information content (AvgIpc) is 3.16. The van der Waals surface area contributed by atoms with Gasteiger partial charge in [-0.1, -0.05) is 6.07 Å². The molecule has 1 aromatic heterocycles. The lowest BCUT2D eigenvalue weighted by molar-refractivity contribution is 0.0942. The van der Waals surface area contributed by atoms with E-state index in [9.17, 15) is 13.2 Å². The Bertz CT molecular complexity index is 849. The quantitative estimate of drug-likeness (QED) is 0.861. The molecule has 1 saturated heterocycles. The van der Waals surface area contributed by atoms with Crippen LogP contribution < -0.4 is 0 Å². The van der Waals surface area contributed by atoms with Gasteiger partial charge in [-0.05, 0) is 51.0 Å². The maximum Gasteiger partial charge on any atom is 0.278 e. The third kappa shape index (κ3) is 2.94. The van der Waals surface area contributed by atoms with E-state index >= 15 is 0 Å². The number of carbonyl (C=O) groups excluding carboxylic acids is 1. The highest BCUT2D eigenvalue weighted by Gasteiger charge is 2.27. The summed E-state index contributed by atoms with van der Waals surface area (Å²) < 4.78 is 28.0. The SMILES string of the molecule is Cc1cc(C)n(C(=O)c2cccc(S(=O)(=O)N3CCCC3)c2)n1. The first-order valence-corrected chi connectivity index (χ1v) is 9.02. The van der Waals surface area contributed by atoms with Crippen LogP contribution >= 0.6 is 0 Å². The largest absolute Gasteiger partial charge is 0.278 e. The molecule has 0 unspecified atom stereocenters. The summed E-state index contributed by atoms with van der Waals surface area (Å²) in [5, 5.41) is 4.16. The van der Waals surface area contributed by atoms with Crippen LogP contribution in [0.1, 0.15) is 34.6 Å². The van der Waals surface area contributed by atoms with Crippen LogP contribution in [0.15, 0.2) is 35.2 Å². The van der Waals surface area contributed by atoms with Crippen LogP contribution in [-0.2, 0) is 10.0 Å². The van der Waals surface area contributed by atoms with Crippen molar-refractivity contribution in [3.63, 3.8) is 0 Å². The highest BCUT2D eigenvalue weighted by atomic mass is 32.2.